The Bertz CT molecular complexity index is 673. The first-order chi connectivity index (χ1) is 11.6. The third kappa shape index (κ3) is 4.78. The topological polar surface area (TPSA) is 50.9 Å². The van der Waals surface area contributed by atoms with Crippen LogP contribution in [-0.2, 0) is 19.3 Å². The number of halogens is 1. The van der Waals surface area contributed by atoms with E-state index in [1.54, 1.807) is 12.1 Å². The predicted molar refractivity (Wildman–Crippen MR) is 96.5 cm³/mol. The lowest BCUT2D eigenvalue weighted by Crippen LogP contribution is -2.21. The van der Waals surface area contributed by atoms with Crippen LogP contribution >= 0.6 is 0 Å². The number of pyridine rings is 1. The van der Waals surface area contributed by atoms with Crippen LogP contribution in [-0.4, -0.2) is 17.6 Å². The highest BCUT2D eigenvalue weighted by Gasteiger charge is 2.14. The third-order valence-electron chi connectivity index (χ3n) is 4.67. The van der Waals surface area contributed by atoms with E-state index in [1.807, 2.05) is 19.1 Å². The summed E-state index contributed by atoms with van der Waals surface area (Å²) in [5.41, 5.74) is 10.0. The zero-order chi connectivity index (χ0) is 16.9. The van der Waals surface area contributed by atoms with E-state index in [-0.39, 0.29) is 5.82 Å². The Balaban J connectivity index is 1.62. The fourth-order valence-corrected chi connectivity index (χ4v) is 3.52. The van der Waals surface area contributed by atoms with Crippen molar-refractivity contribution < 1.29 is 4.39 Å². The van der Waals surface area contributed by atoms with E-state index in [0.29, 0.717) is 11.9 Å². The smallest absolute Gasteiger partial charge is 0.123 e. The minimum Gasteiger partial charge on any atom is -0.384 e. The molecule has 2 heterocycles. The average Bonchev–Trinajstić information content (AvgIpc) is 3.03. The average molecular weight is 327 g/mol. The number of nitrogens with zero attached hydrogens (tertiary/aromatic N) is 1. The van der Waals surface area contributed by atoms with E-state index in [9.17, 15) is 4.39 Å². The first-order valence-electron chi connectivity index (χ1n) is 8.83. The molecule has 3 rings (SSSR count). The lowest BCUT2D eigenvalue weighted by molar-refractivity contribution is 0.556. The monoisotopic (exact) mass is 327 g/mol. The van der Waals surface area contributed by atoms with Crippen LogP contribution in [0.1, 0.15) is 41.6 Å². The second kappa shape index (κ2) is 7.75. The number of hydrogen-bond donors (Lipinski definition) is 2. The van der Waals surface area contributed by atoms with Crippen molar-refractivity contribution in [2.75, 3.05) is 12.3 Å². The van der Waals surface area contributed by atoms with Crippen molar-refractivity contribution in [2.24, 2.45) is 0 Å². The third-order valence-corrected chi connectivity index (χ3v) is 4.67. The van der Waals surface area contributed by atoms with Crippen LogP contribution in [0.3, 0.4) is 0 Å². The van der Waals surface area contributed by atoms with Crippen molar-refractivity contribution in [3.63, 3.8) is 0 Å². The Hall–Kier alpha value is -1.94. The summed E-state index contributed by atoms with van der Waals surface area (Å²) in [6.45, 7) is 3.13. The lowest BCUT2D eigenvalue weighted by atomic mass is 9.99. The molecule has 3 nitrogen and oxygen atoms in total. The molecule has 0 aliphatic carbocycles. The minimum atomic E-state index is -0.140. The van der Waals surface area contributed by atoms with Crippen LogP contribution < -0.4 is 11.1 Å². The maximum absolute atomic E-state index is 13.9. The van der Waals surface area contributed by atoms with E-state index in [1.165, 1.54) is 12.8 Å². The molecule has 4 heteroatoms. The number of aryl methyl sites for hydroxylation is 4. The van der Waals surface area contributed by atoms with Crippen LogP contribution in [0.2, 0.25) is 0 Å². The van der Waals surface area contributed by atoms with Crippen molar-refractivity contribution >= 4 is 5.82 Å². The maximum Gasteiger partial charge on any atom is 0.123 e. The van der Waals surface area contributed by atoms with Gasteiger partial charge in [-0.2, -0.15) is 0 Å². The molecule has 0 saturated carbocycles. The molecular formula is C20H26FN3. The van der Waals surface area contributed by atoms with Gasteiger partial charge >= 0.3 is 0 Å². The summed E-state index contributed by atoms with van der Waals surface area (Å²) < 4.78 is 13.9. The van der Waals surface area contributed by atoms with E-state index in [0.717, 1.165) is 54.6 Å². The highest BCUT2D eigenvalue weighted by Crippen LogP contribution is 2.17. The highest BCUT2D eigenvalue weighted by atomic mass is 19.1. The fourth-order valence-electron chi connectivity index (χ4n) is 3.52. The molecule has 24 heavy (non-hydrogen) atoms. The molecule has 0 radical (unpaired) electrons. The molecule has 1 atom stereocenters. The van der Waals surface area contributed by atoms with Gasteiger partial charge in [0.2, 0.25) is 0 Å². The van der Waals surface area contributed by atoms with Crippen molar-refractivity contribution in [1.82, 2.24) is 10.3 Å². The summed E-state index contributed by atoms with van der Waals surface area (Å²) in [6, 6.07) is 9.94. The second-order valence-electron chi connectivity index (χ2n) is 6.86. The molecule has 1 aliphatic heterocycles. The van der Waals surface area contributed by atoms with Gasteiger partial charge in [0.15, 0.2) is 0 Å². The standard InChI is InChI=1S/C20H26FN3/c1-14-9-19(24-20(22)10-14)7-5-16-11-15(12-17(21)13-16)4-6-18-3-2-8-23-18/h9-13,18,23H,2-8H2,1H3,(H2,22,24). The number of nitrogens with one attached hydrogen (secondary N) is 1. The molecule has 0 bridgehead atoms. The predicted octanol–water partition coefficient (Wildman–Crippen LogP) is 3.58. The fraction of sp³-hybridized carbons (Fsp3) is 0.450. The van der Waals surface area contributed by atoms with Crippen LogP contribution in [0, 0.1) is 12.7 Å². The van der Waals surface area contributed by atoms with Crippen molar-refractivity contribution in [2.45, 2.75) is 51.5 Å². The molecule has 3 N–H and O–H groups in total. The molecule has 128 valence electrons. The van der Waals surface area contributed by atoms with E-state index in [2.05, 4.69) is 16.4 Å². The first kappa shape index (κ1) is 16.9. The Morgan fingerprint density at radius 1 is 1.12 bits per heavy atom. The molecule has 0 spiro atoms. The Kier molecular flexibility index (Phi) is 5.46. The number of nitrogens with two attached hydrogens (primary N) is 1. The molecule has 1 aromatic carbocycles. The number of nitrogen functional groups attached to an aromatic ring is 1. The SMILES string of the molecule is Cc1cc(N)nc(CCc2cc(F)cc(CCC3CCCN3)c2)c1. The maximum atomic E-state index is 13.9. The number of rotatable bonds is 6. The zero-order valence-corrected chi connectivity index (χ0v) is 14.3. The summed E-state index contributed by atoms with van der Waals surface area (Å²) in [7, 11) is 0. The van der Waals surface area contributed by atoms with Gasteiger partial charge in [-0.15, -0.1) is 0 Å². The van der Waals surface area contributed by atoms with Gasteiger partial charge < -0.3 is 11.1 Å². The normalized spacial score (nSPS) is 17.3. The Labute approximate surface area is 143 Å². The number of hydrogen-bond acceptors (Lipinski definition) is 3. The van der Waals surface area contributed by atoms with Crippen LogP contribution in [0.25, 0.3) is 0 Å². The van der Waals surface area contributed by atoms with Crippen LogP contribution in [0.4, 0.5) is 10.2 Å². The Morgan fingerprint density at radius 3 is 2.62 bits per heavy atom. The lowest BCUT2D eigenvalue weighted by Gasteiger charge is -2.11. The molecule has 0 amide bonds. The van der Waals surface area contributed by atoms with Crippen molar-refractivity contribution in [3.05, 3.63) is 58.5 Å². The van der Waals surface area contributed by atoms with Gasteiger partial charge in [0.25, 0.3) is 0 Å². The largest absolute Gasteiger partial charge is 0.384 e. The summed E-state index contributed by atoms with van der Waals surface area (Å²) in [5.74, 6) is 0.410. The number of anilines is 1. The van der Waals surface area contributed by atoms with Crippen molar-refractivity contribution in [3.8, 4) is 0 Å². The molecule has 1 saturated heterocycles. The van der Waals surface area contributed by atoms with E-state index in [4.69, 9.17) is 5.73 Å². The van der Waals surface area contributed by atoms with Gasteiger partial charge in [-0.3, -0.25) is 0 Å². The van der Waals surface area contributed by atoms with Gasteiger partial charge in [-0.25, -0.2) is 9.37 Å². The molecule has 2 aromatic rings. The number of benzene rings is 1. The van der Waals surface area contributed by atoms with Gasteiger partial charge in [-0.05, 0) is 92.9 Å². The van der Waals surface area contributed by atoms with E-state index >= 15 is 0 Å². The number of aromatic nitrogens is 1. The minimum absolute atomic E-state index is 0.140. The van der Waals surface area contributed by atoms with Crippen LogP contribution in [0.15, 0.2) is 30.3 Å². The summed E-state index contributed by atoms with van der Waals surface area (Å²) in [5, 5.41) is 3.50. The molecule has 1 aromatic heterocycles. The Morgan fingerprint density at radius 2 is 1.92 bits per heavy atom. The van der Waals surface area contributed by atoms with Gasteiger partial charge in [-0.1, -0.05) is 6.07 Å². The molecule has 1 aliphatic rings. The van der Waals surface area contributed by atoms with E-state index < -0.39 is 0 Å². The molecular weight excluding hydrogens is 301 g/mol. The zero-order valence-electron chi connectivity index (χ0n) is 14.3. The van der Waals surface area contributed by atoms with Crippen LogP contribution in [0.5, 0.6) is 0 Å². The molecule has 1 fully saturated rings. The quantitative estimate of drug-likeness (QED) is 0.852. The summed E-state index contributed by atoms with van der Waals surface area (Å²) in [6.07, 6.45) is 6.06. The second-order valence-corrected chi connectivity index (χ2v) is 6.86. The van der Waals surface area contributed by atoms with Gasteiger partial charge in [0.1, 0.15) is 11.6 Å². The van der Waals surface area contributed by atoms with Crippen molar-refractivity contribution in [1.29, 1.82) is 0 Å². The summed E-state index contributed by atoms with van der Waals surface area (Å²) in [4.78, 5) is 4.36. The summed E-state index contributed by atoms with van der Waals surface area (Å²) >= 11 is 0. The molecule has 1 unspecified atom stereocenters. The van der Waals surface area contributed by atoms with Gasteiger partial charge in [0, 0.05) is 11.7 Å². The van der Waals surface area contributed by atoms with Gasteiger partial charge in [0.05, 0.1) is 0 Å². The first-order valence-corrected chi connectivity index (χ1v) is 8.83. The highest BCUT2D eigenvalue weighted by molar-refractivity contribution is 5.34.